The lowest BCUT2D eigenvalue weighted by molar-refractivity contribution is -0.123. The number of carbonyl (C=O) groups excluding carboxylic acids is 1. The van der Waals surface area contributed by atoms with E-state index in [1.165, 1.54) is 0 Å². The van der Waals surface area contributed by atoms with Gasteiger partial charge in [0.15, 0.2) is 0 Å². The Morgan fingerprint density at radius 1 is 1.39 bits per heavy atom. The minimum Gasteiger partial charge on any atom is -0.466 e. The van der Waals surface area contributed by atoms with Crippen LogP contribution in [0.25, 0.3) is 0 Å². The van der Waals surface area contributed by atoms with Crippen molar-refractivity contribution in [3.8, 4) is 0 Å². The third-order valence-corrected chi connectivity index (χ3v) is 3.03. The molecular formula is C14H24N2O2. The third kappa shape index (κ3) is 4.53. The highest BCUT2D eigenvalue weighted by atomic mass is 16.3. The lowest BCUT2D eigenvalue weighted by atomic mass is 10.0. The van der Waals surface area contributed by atoms with Crippen molar-refractivity contribution in [2.24, 2.45) is 11.7 Å². The standard InChI is InChI=1S/C14H24N2O2/c1-9(2)13(15)14(17)16-10(3)5-7-12-8-6-11(4)18-12/h6,8-10,13H,5,7,15H2,1-4H3,(H,16,17)/t10?,13-/m0/s1. The SMILES string of the molecule is Cc1ccc(CCC(C)NC(=O)[C@@H](N)C(C)C)o1. The molecule has 1 unspecified atom stereocenters. The normalized spacial score (nSPS) is 14.6. The van der Waals surface area contributed by atoms with Crippen LogP contribution in [0.4, 0.5) is 0 Å². The summed E-state index contributed by atoms with van der Waals surface area (Å²) in [6, 6.07) is 3.60. The van der Waals surface area contributed by atoms with E-state index in [2.05, 4.69) is 5.32 Å². The van der Waals surface area contributed by atoms with Crippen LogP contribution in [0.3, 0.4) is 0 Å². The summed E-state index contributed by atoms with van der Waals surface area (Å²) < 4.78 is 5.49. The first-order valence-electron chi connectivity index (χ1n) is 6.51. The molecule has 0 aliphatic heterocycles. The average molecular weight is 252 g/mol. The lowest BCUT2D eigenvalue weighted by Crippen LogP contribution is -2.47. The van der Waals surface area contributed by atoms with Crippen LogP contribution in [0.2, 0.25) is 0 Å². The van der Waals surface area contributed by atoms with Gasteiger partial charge in [0.25, 0.3) is 0 Å². The molecule has 0 radical (unpaired) electrons. The Labute approximate surface area is 109 Å². The maximum absolute atomic E-state index is 11.8. The van der Waals surface area contributed by atoms with Gasteiger partial charge in [0.1, 0.15) is 11.5 Å². The Kier molecular flexibility index (Phi) is 5.41. The fraction of sp³-hybridized carbons (Fsp3) is 0.643. The van der Waals surface area contributed by atoms with Gasteiger partial charge in [-0.1, -0.05) is 13.8 Å². The van der Waals surface area contributed by atoms with Crippen LogP contribution >= 0.6 is 0 Å². The Morgan fingerprint density at radius 3 is 2.56 bits per heavy atom. The number of furan rings is 1. The molecule has 0 aliphatic carbocycles. The molecule has 2 atom stereocenters. The maximum Gasteiger partial charge on any atom is 0.237 e. The largest absolute Gasteiger partial charge is 0.466 e. The van der Waals surface area contributed by atoms with Gasteiger partial charge in [-0.25, -0.2) is 0 Å². The third-order valence-electron chi connectivity index (χ3n) is 3.03. The number of amides is 1. The number of aryl methyl sites for hydroxylation is 2. The number of rotatable bonds is 6. The van der Waals surface area contributed by atoms with Crippen molar-refractivity contribution >= 4 is 5.91 Å². The molecule has 0 bridgehead atoms. The second-order valence-electron chi connectivity index (χ2n) is 5.23. The predicted molar refractivity (Wildman–Crippen MR) is 72.2 cm³/mol. The van der Waals surface area contributed by atoms with E-state index in [-0.39, 0.29) is 17.9 Å². The van der Waals surface area contributed by atoms with Gasteiger partial charge in [0.05, 0.1) is 6.04 Å². The molecular weight excluding hydrogens is 228 g/mol. The van der Waals surface area contributed by atoms with Crippen LogP contribution in [-0.4, -0.2) is 18.0 Å². The molecule has 102 valence electrons. The lowest BCUT2D eigenvalue weighted by Gasteiger charge is -2.19. The second-order valence-corrected chi connectivity index (χ2v) is 5.23. The van der Waals surface area contributed by atoms with Crippen molar-refractivity contribution in [3.05, 3.63) is 23.7 Å². The molecule has 3 N–H and O–H groups in total. The van der Waals surface area contributed by atoms with Crippen LogP contribution in [0.1, 0.15) is 38.7 Å². The summed E-state index contributed by atoms with van der Waals surface area (Å²) in [6.45, 7) is 7.80. The highest BCUT2D eigenvalue weighted by molar-refractivity contribution is 5.81. The molecule has 18 heavy (non-hydrogen) atoms. The number of nitrogens with two attached hydrogens (primary N) is 1. The van der Waals surface area contributed by atoms with E-state index in [0.717, 1.165) is 24.4 Å². The summed E-state index contributed by atoms with van der Waals surface area (Å²) in [5.74, 6) is 1.96. The van der Waals surface area contributed by atoms with E-state index < -0.39 is 6.04 Å². The number of hydrogen-bond acceptors (Lipinski definition) is 3. The van der Waals surface area contributed by atoms with Crippen LogP contribution < -0.4 is 11.1 Å². The van der Waals surface area contributed by atoms with Crippen molar-refractivity contribution in [2.75, 3.05) is 0 Å². The topological polar surface area (TPSA) is 68.3 Å². The Balaban J connectivity index is 2.33. The Morgan fingerprint density at radius 2 is 2.06 bits per heavy atom. The van der Waals surface area contributed by atoms with E-state index in [4.69, 9.17) is 10.2 Å². The van der Waals surface area contributed by atoms with Gasteiger partial charge in [-0.3, -0.25) is 4.79 Å². The van der Waals surface area contributed by atoms with Crippen LogP contribution in [0.15, 0.2) is 16.5 Å². The van der Waals surface area contributed by atoms with Crippen molar-refractivity contribution in [3.63, 3.8) is 0 Å². The zero-order chi connectivity index (χ0) is 13.7. The van der Waals surface area contributed by atoms with Gasteiger partial charge in [-0.05, 0) is 38.3 Å². The zero-order valence-electron chi connectivity index (χ0n) is 11.7. The fourth-order valence-corrected chi connectivity index (χ4v) is 1.69. The minimum absolute atomic E-state index is 0.0758. The quantitative estimate of drug-likeness (QED) is 0.813. The van der Waals surface area contributed by atoms with E-state index in [1.54, 1.807) is 0 Å². The van der Waals surface area contributed by atoms with Gasteiger partial charge < -0.3 is 15.5 Å². The highest BCUT2D eigenvalue weighted by Crippen LogP contribution is 2.10. The molecule has 4 nitrogen and oxygen atoms in total. The first-order valence-corrected chi connectivity index (χ1v) is 6.51. The van der Waals surface area contributed by atoms with E-state index in [1.807, 2.05) is 39.8 Å². The smallest absolute Gasteiger partial charge is 0.237 e. The molecule has 0 aliphatic rings. The first kappa shape index (κ1) is 14.8. The van der Waals surface area contributed by atoms with Crippen molar-refractivity contribution in [1.29, 1.82) is 0 Å². The summed E-state index contributed by atoms with van der Waals surface area (Å²) in [5.41, 5.74) is 5.79. The highest BCUT2D eigenvalue weighted by Gasteiger charge is 2.18. The summed E-state index contributed by atoms with van der Waals surface area (Å²) in [5, 5.41) is 2.93. The number of hydrogen-bond donors (Lipinski definition) is 2. The van der Waals surface area contributed by atoms with Crippen molar-refractivity contribution in [2.45, 2.75) is 52.6 Å². The molecule has 4 heteroatoms. The summed E-state index contributed by atoms with van der Waals surface area (Å²) in [7, 11) is 0. The monoisotopic (exact) mass is 252 g/mol. The van der Waals surface area contributed by atoms with Crippen molar-refractivity contribution in [1.82, 2.24) is 5.32 Å². The molecule has 1 amide bonds. The van der Waals surface area contributed by atoms with Crippen LogP contribution in [-0.2, 0) is 11.2 Å². The predicted octanol–water partition coefficient (Wildman–Crippen LogP) is 2.01. The van der Waals surface area contributed by atoms with E-state index in [9.17, 15) is 4.79 Å². The Bertz CT molecular complexity index is 385. The van der Waals surface area contributed by atoms with E-state index >= 15 is 0 Å². The van der Waals surface area contributed by atoms with Gasteiger partial charge in [0, 0.05) is 12.5 Å². The molecule has 0 aromatic carbocycles. The van der Waals surface area contributed by atoms with Crippen LogP contribution in [0.5, 0.6) is 0 Å². The number of nitrogens with one attached hydrogen (secondary N) is 1. The summed E-state index contributed by atoms with van der Waals surface area (Å²) in [6.07, 6.45) is 1.68. The second kappa shape index (κ2) is 6.59. The molecule has 1 rings (SSSR count). The van der Waals surface area contributed by atoms with Crippen molar-refractivity contribution < 1.29 is 9.21 Å². The number of carbonyl (C=O) groups is 1. The molecule has 1 aromatic heterocycles. The fourth-order valence-electron chi connectivity index (χ4n) is 1.69. The van der Waals surface area contributed by atoms with Gasteiger partial charge >= 0.3 is 0 Å². The molecule has 0 saturated heterocycles. The molecule has 0 spiro atoms. The molecule has 1 aromatic rings. The average Bonchev–Trinajstić information content (AvgIpc) is 2.71. The molecule has 0 fully saturated rings. The van der Waals surface area contributed by atoms with E-state index in [0.29, 0.717) is 0 Å². The maximum atomic E-state index is 11.8. The van der Waals surface area contributed by atoms with Crippen LogP contribution in [0, 0.1) is 12.8 Å². The minimum atomic E-state index is -0.432. The molecule has 0 saturated carbocycles. The summed E-state index contributed by atoms with van der Waals surface area (Å²) in [4.78, 5) is 11.8. The zero-order valence-corrected chi connectivity index (χ0v) is 11.7. The van der Waals surface area contributed by atoms with Gasteiger partial charge in [0.2, 0.25) is 5.91 Å². The van der Waals surface area contributed by atoms with Gasteiger partial charge in [-0.2, -0.15) is 0 Å². The first-order chi connectivity index (χ1) is 8.40. The Hall–Kier alpha value is -1.29. The summed E-state index contributed by atoms with van der Waals surface area (Å²) >= 11 is 0. The van der Waals surface area contributed by atoms with Gasteiger partial charge in [-0.15, -0.1) is 0 Å². The molecule has 1 heterocycles.